The third-order valence-corrected chi connectivity index (χ3v) is 14.8. The lowest BCUT2D eigenvalue weighted by Gasteiger charge is -2.18. The largest absolute Gasteiger partial charge is 0.462 e. The van der Waals surface area contributed by atoms with Gasteiger partial charge in [0.2, 0.25) is 0 Å². The summed E-state index contributed by atoms with van der Waals surface area (Å²) in [6.45, 7) is 6.59. The quantitative estimate of drug-likeness (QED) is 0.0261. The predicted molar refractivity (Wildman–Crippen MR) is 344 cm³/mol. The van der Waals surface area contributed by atoms with Gasteiger partial charge in [0, 0.05) is 19.3 Å². The third-order valence-electron chi connectivity index (χ3n) is 14.8. The summed E-state index contributed by atoms with van der Waals surface area (Å²) in [7, 11) is 0. The second kappa shape index (κ2) is 67.1. The van der Waals surface area contributed by atoms with Crippen LogP contribution in [0.4, 0.5) is 0 Å². The molecule has 0 saturated heterocycles. The van der Waals surface area contributed by atoms with Gasteiger partial charge in [-0.05, 0) is 122 Å². The minimum absolute atomic E-state index is 0.0830. The van der Waals surface area contributed by atoms with Crippen LogP contribution in [0.3, 0.4) is 0 Å². The highest BCUT2D eigenvalue weighted by molar-refractivity contribution is 5.71. The van der Waals surface area contributed by atoms with E-state index in [1.807, 2.05) is 0 Å². The fourth-order valence-electron chi connectivity index (χ4n) is 9.69. The van der Waals surface area contributed by atoms with Crippen molar-refractivity contribution >= 4 is 17.9 Å². The molecule has 0 amide bonds. The molecule has 6 nitrogen and oxygen atoms in total. The molecule has 0 radical (unpaired) electrons. The highest BCUT2D eigenvalue weighted by Crippen LogP contribution is 2.17. The van der Waals surface area contributed by atoms with Gasteiger partial charge in [-0.15, -0.1) is 0 Å². The molecule has 79 heavy (non-hydrogen) atoms. The number of allylic oxidation sites excluding steroid dienone is 14. The summed E-state index contributed by atoms with van der Waals surface area (Å²) < 4.78 is 16.9. The molecule has 0 aliphatic rings. The van der Waals surface area contributed by atoms with Gasteiger partial charge in [-0.25, -0.2) is 0 Å². The summed E-state index contributed by atoms with van der Waals surface area (Å²) in [5.74, 6) is -0.892. The molecule has 0 aromatic rings. The van der Waals surface area contributed by atoms with Gasteiger partial charge in [0.25, 0.3) is 0 Å². The molecule has 0 aromatic carbocycles. The fourth-order valence-corrected chi connectivity index (χ4v) is 9.69. The molecule has 0 saturated carbocycles. The van der Waals surface area contributed by atoms with Crippen LogP contribution in [0, 0.1) is 0 Å². The zero-order chi connectivity index (χ0) is 57.1. The number of hydrogen-bond acceptors (Lipinski definition) is 6. The maximum absolute atomic E-state index is 12.9. The molecule has 6 heteroatoms. The molecule has 1 atom stereocenters. The summed E-state index contributed by atoms with van der Waals surface area (Å²) in [6, 6.07) is 0. The van der Waals surface area contributed by atoms with Crippen molar-refractivity contribution in [3.8, 4) is 0 Å². The van der Waals surface area contributed by atoms with E-state index >= 15 is 0 Å². The molecular weight excluding hydrogens is 973 g/mol. The van der Waals surface area contributed by atoms with E-state index in [-0.39, 0.29) is 31.1 Å². The Balaban J connectivity index is 4.28. The molecule has 0 fully saturated rings. The number of rotatable bonds is 62. The Kier molecular flexibility index (Phi) is 64.2. The second-order valence-electron chi connectivity index (χ2n) is 22.7. The first-order valence-electron chi connectivity index (χ1n) is 34.1. The molecule has 456 valence electrons. The summed E-state index contributed by atoms with van der Waals surface area (Å²) in [6.07, 6.45) is 88.8. The van der Waals surface area contributed by atoms with Crippen LogP contribution in [-0.4, -0.2) is 37.2 Å². The average molecular weight is 1100 g/mol. The topological polar surface area (TPSA) is 78.9 Å². The molecule has 0 bridgehead atoms. The molecule has 0 rings (SSSR count). The van der Waals surface area contributed by atoms with Crippen LogP contribution in [0.2, 0.25) is 0 Å². The van der Waals surface area contributed by atoms with Crippen LogP contribution in [0.15, 0.2) is 85.1 Å². The SMILES string of the molecule is CCCCC/C=C\C/C=C\CCCCCCCCCC(=O)OC(COC(=O)CCCCCCC/C=C\C/C=C\CCCCC)COC(=O)CCCCCCCCCCCCCCCC/C=C\C/C=C\C/C=C\CCCCCCC. The lowest BCUT2D eigenvalue weighted by molar-refractivity contribution is -0.167. The number of carbonyl (C=O) groups is 3. The van der Waals surface area contributed by atoms with E-state index in [1.54, 1.807) is 0 Å². The molecule has 0 aliphatic heterocycles. The zero-order valence-electron chi connectivity index (χ0n) is 52.4. The Morgan fingerprint density at radius 3 is 0.734 bits per heavy atom. The van der Waals surface area contributed by atoms with E-state index in [4.69, 9.17) is 14.2 Å². The van der Waals surface area contributed by atoms with Crippen LogP contribution in [0.1, 0.15) is 342 Å². The molecule has 0 aromatic heterocycles. The minimum atomic E-state index is -0.788. The van der Waals surface area contributed by atoms with Gasteiger partial charge in [0.1, 0.15) is 13.2 Å². The first kappa shape index (κ1) is 75.6. The number of hydrogen-bond donors (Lipinski definition) is 0. The van der Waals surface area contributed by atoms with Crippen molar-refractivity contribution in [2.45, 2.75) is 348 Å². The number of unbranched alkanes of at least 4 members (excludes halogenated alkanes) is 37. The lowest BCUT2D eigenvalue weighted by atomic mass is 10.0. The third kappa shape index (κ3) is 65.3. The Hall–Kier alpha value is -3.41. The van der Waals surface area contributed by atoms with Crippen molar-refractivity contribution in [1.82, 2.24) is 0 Å². The first-order valence-corrected chi connectivity index (χ1v) is 34.1. The molecule has 0 spiro atoms. The van der Waals surface area contributed by atoms with Crippen LogP contribution in [0.5, 0.6) is 0 Å². The molecule has 0 aliphatic carbocycles. The number of carbonyl (C=O) groups excluding carboxylic acids is 3. The minimum Gasteiger partial charge on any atom is -0.462 e. The van der Waals surface area contributed by atoms with E-state index in [0.29, 0.717) is 19.3 Å². The first-order chi connectivity index (χ1) is 39.0. The van der Waals surface area contributed by atoms with Crippen molar-refractivity contribution in [1.29, 1.82) is 0 Å². The standard InChI is InChI=1S/C73H128O6/c1-4-7-10-13-16-19-22-25-28-30-31-32-33-34-35-36-37-38-39-40-41-43-45-48-51-54-57-60-63-66-72(75)78-69-70(68-77-71(74)65-62-59-56-53-50-47-44-27-24-21-18-15-12-9-6-3)79-73(76)67-64-61-58-55-52-49-46-42-29-26-23-20-17-14-11-8-5-2/h17-18,20-22,25-27,29-31,33-34,44,70H,4-16,19,23-24,28,32,35-43,45-69H2,1-3H3/b20-17-,21-18-,25-22-,29-26-,31-30-,34-33-,44-27-. The Labute approximate surface area is 490 Å². The summed E-state index contributed by atoms with van der Waals surface area (Å²) in [4.78, 5) is 38.4. The van der Waals surface area contributed by atoms with Crippen LogP contribution in [-0.2, 0) is 28.6 Å². The van der Waals surface area contributed by atoms with Crippen molar-refractivity contribution in [2.75, 3.05) is 13.2 Å². The predicted octanol–water partition coefficient (Wildman–Crippen LogP) is 23.4. The monoisotopic (exact) mass is 1100 g/mol. The number of esters is 3. The van der Waals surface area contributed by atoms with Crippen LogP contribution >= 0.6 is 0 Å². The van der Waals surface area contributed by atoms with E-state index < -0.39 is 6.10 Å². The smallest absolute Gasteiger partial charge is 0.306 e. The van der Waals surface area contributed by atoms with Crippen molar-refractivity contribution in [2.24, 2.45) is 0 Å². The van der Waals surface area contributed by atoms with Crippen LogP contribution in [0.25, 0.3) is 0 Å². The molecule has 0 N–H and O–H groups in total. The van der Waals surface area contributed by atoms with E-state index in [9.17, 15) is 14.4 Å². The van der Waals surface area contributed by atoms with E-state index in [0.717, 1.165) is 103 Å². The maximum Gasteiger partial charge on any atom is 0.306 e. The van der Waals surface area contributed by atoms with Gasteiger partial charge in [-0.2, -0.15) is 0 Å². The highest BCUT2D eigenvalue weighted by Gasteiger charge is 2.19. The number of ether oxygens (including phenoxy) is 3. The van der Waals surface area contributed by atoms with Crippen molar-refractivity contribution in [3.05, 3.63) is 85.1 Å². The molecule has 1 unspecified atom stereocenters. The summed E-state index contributed by atoms with van der Waals surface area (Å²) in [5, 5.41) is 0. The average Bonchev–Trinajstić information content (AvgIpc) is 3.45. The maximum atomic E-state index is 12.9. The van der Waals surface area contributed by atoms with Gasteiger partial charge in [0.15, 0.2) is 6.10 Å². The Morgan fingerprint density at radius 1 is 0.253 bits per heavy atom. The van der Waals surface area contributed by atoms with Crippen molar-refractivity contribution < 1.29 is 28.6 Å². The second-order valence-corrected chi connectivity index (χ2v) is 22.7. The zero-order valence-corrected chi connectivity index (χ0v) is 52.4. The Bertz CT molecular complexity index is 1500. The van der Waals surface area contributed by atoms with Gasteiger partial charge in [-0.1, -0.05) is 286 Å². The molecular formula is C73H128O6. The van der Waals surface area contributed by atoms with Gasteiger partial charge >= 0.3 is 17.9 Å². The highest BCUT2D eigenvalue weighted by atomic mass is 16.6. The van der Waals surface area contributed by atoms with Crippen molar-refractivity contribution in [3.63, 3.8) is 0 Å². The van der Waals surface area contributed by atoms with Crippen LogP contribution < -0.4 is 0 Å². The van der Waals surface area contributed by atoms with Gasteiger partial charge in [0.05, 0.1) is 0 Å². The summed E-state index contributed by atoms with van der Waals surface area (Å²) in [5.41, 5.74) is 0. The van der Waals surface area contributed by atoms with Gasteiger partial charge < -0.3 is 14.2 Å². The summed E-state index contributed by atoms with van der Waals surface area (Å²) >= 11 is 0. The fraction of sp³-hybridized carbons (Fsp3) is 0.767. The van der Waals surface area contributed by atoms with Gasteiger partial charge in [-0.3, -0.25) is 14.4 Å². The van der Waals surface area contributed by atoms with E-state index in [2.05, 4.69) is 106 Å². The van der Waals surface area contributed by atoms with E-state index in [1.165, 1.54) is 199 Å². The lowest BCUT2D eigenvalue weighted by Crippen LogP contribution is -2.30. The molecule has 0 heterocycles. The Morgan fingerprint density at radius 2 is 0.456 bits per heavy atom. The normalized spacial score (nSPS) is 12.6.